The lowest BCUT2D eigenvalue weighted by molar-refractivity contribution is 0.404. The lowest BCUT2D eigenvalue weighted by atomic mass is 10.2. The first-order valence-electron chi connectivity index (χ1n) is 5.25. The van der Waals surface area contributed by atoms with Crippen LogP contribution in [-0.4, -0.2) is 17.4 Å². The Morgan fingerprint density at radius 2 is 2.24 bits per heavy atom. The molecule has 2 N–H and O–H groups in total. The number of methoxy groups -OCH3 is 1. The van der Waals surface area contributed by atoms with Crippen molar-refractivity contribution in [1.29, 1.82) is 0 Å². The summed E-state index contributed by atoms with van der Waals surface area (Å²) in [5, 5.41) is 16.7. The van der Waals surface area contributed by atoms with Crippen LogP contribution < -0.4 is 10.1 Å². The standard InChI is InChI=1S/C12H14N2O3/c1-16-11-3-2-9(12(15)6-11)7-13-8-10-4-5-17-14-10/h2-6,13,15H,7-8H2,1H3. The fourth-order valence-electron chi connectivity index (χ4n) is 1.47. The Balaban J connectivity index is 1.90. The van der Waals surface area contributed by atoms with E-state index in [0.29, 0.717) is 18.8 Å². The van der Waals surface area contributed by atoms with E-state index in [9.17, 15) is 5.11 Å². The van der Waals surface area contributed by atoms with Crippen molar-refractivity contribution in [3.63, 3.8) is 0 Å². The Kier molecular flexibility index (Phi) is 3.62. The van der Waals surface area contributed by atoms with Gasteiger partial charge in [0.2, 0.25) is 0 Å². The van der Waals surface area contributed by atoms with E-state index in [1.165, 1.54) is 6.26 Å². The zero-order valence-corrected chi connectivity index (χ0v) is 9.51. The van der Waals surface area contributed by atoms with Crippen molar-refractivity contribution in [2.75, 3.05) is 7.11 Å². The highest BCUT2D eigenvalue weighted by atomic mass is 16.5. The highest BCUT2D eigenvalue weighted by Gasteiger charge is 2.03. The topological polar surface area (TPSA) is 67.5 Å². The molecule has 2 rings (SSSR count). The third-order valence-corrected chi connectivity index (χ3v) is 2.41. The molecule has 0 spiro atoms. The highest BCUT2D eigenvalue weighted by molar-refractivity contribution is 5.39. The van der Waals surface area contributed by atoms with Crippen LogP contribution in [0.4, 0.5) is 0 Å². The minimum atomic E-state index is 0.219. The Bertz CT molecular complexity index is 469. The van der Waals surface area contributed by atoms with Crippen LogP contribution in [0, 0.1) is 0 Å². The summed E-state index contributed by atoms with van der Waals surface area (Å²) < 4.78 is 9.73. The molecule has 90 valence electrons. The Labute approximate surface area is 99.0 Å². The average molecular weight is 234 g/mol. The minimum Gasteiger partial charge on any atom is -0.507 e. The van der Waals surface area contributed by atoms with Crippen LogP contribution in [0.5, 0.6) is 11.5 Å². The maximum Gasteiger partial charge on any atom is 0.124 e. The summed E-state index contributed by atoms with van der Waals surface area (Å²) in [6.07, 6.45) is 1.53. The van der Waals surface area contributed by atoms with E-state index in [1.807, 2.05) is 12.1 Å². The largest absolute Gasteiger partial charge is 0.507 e. The average Bonchev–Trinajstić information content (AvgIpc) is 2.84. The van der Waals surface area contributed by atoms with E-state index < -0.39 is 0 Å². The SMILES string of the molecule is COc1ccc(CNCc2ccon2)c(O)c1. The number of hydrogen-bond acceptors (Lipinski definition) is 5. The molecule has 0 aliphatic carbocycles. The minimum absolute atomic E-state index is 0.219. The number of aromatic hydroxyl groups is 1. The fourth-order valence-corrected chi connectivity index (χ4v) is 1.47. The van der Waals surface area contributed by atoms with Gasteiger partial charge in [-0.15, -0.1) is 0 Å². The Morgan fingerprint density at radius 1 is 1.35 bits per heavy atom. The third kappa shape index (κ3) is 2.98. The summed E-state index contributed by atoms with van der Waals surface area (Å²) >= 11 is 0. The smallest absolute Gasteiger partial charge is 0.124 e. The normalized spacial score (nSPS) is 10.4. The van der Waals surface area contributed by atoms with Crippen molar-refractivity contribution in [3.8, 4) is 11.5 Å². The molecule has 0 amide bonds. The molecule has 1 heterocycles. The number of nitrogens with zero attached hydrogens (tertiary/aromatic N) is 1. The van der Waals surface area contributed by atoms with Gasteiger partial charge in [-0.1, -0.05) is 11.2 Å². The maximum atomic E-state index is 9.73. The lowest BCUT2D eigenvalue weighted by Gasteiger charge is -2.07. The van der Waals surface area contributed by atoms with Gasteiger partial charge in [0.25, 0.3) is 0 Å². The molecule has 0 fully saturated rings. The van der Waals surface area contributed by atoms with Crippen LogP contribution in [0.25, 0.3) is 0 Å². The van der Waals surface area contributed by atoms with Crippen LogP contribution in [0.2, 0.25) is 0 Å². The molecule has 0 bridgehead atoms. The molecule has 5 heteroatoms. The summed E-state index contributed by atoms with van der Waals surface area (Å²) in [6, 6.07) is 7.02. The van der Waals surface area contributed by atoms with Crippen LogP contribution in [0.3, 0.4) is 0 Å². The highest BCUT2D eigenvalue weighted by Crippen LogP contribution is 2.23. The lowest BCUT2D eigenvalue weighted by Crippen LogP contribution is -2.12. The number of ether oxygens (including phenoxy) is 1. The second kappa shape index (κ2) is 5.36. The second-order valence-corrected chi connectivity index (χ2v) is 3.59. The molecular formula is C12H14N2O3. The van der Waals surface area contributed by atoms with E-state index in [1.54, 1.807) is 19.2 Å². The Morgan fingerprint density at radius 3 is 2.88 bits per heavy atom. The molecule has 0 aliphatic heterocycles. The number of rotatable bonds is 5. The Hall–Kier alpha value is -2.01. The van der Waals surface area contributed by atoms with Gasteiger partial charge < -0.3 is 19.7 Å². The summed E-state index contributed by atoms with van der Waals surface area (Å²) in [7, 11) is 1.57. The van der Waals surface area contributed by atoms with E-state index >= 15 is 0 Å². The molecule has 0 saturated heterocycles. The zero-order chi connectivity index (χ0) is 12.1. The number of nitrogens with one attached hydrogen (secondary N) is 1. The van der Waals surface area contributed by atoms with Crippen LogP contribution in [0.1, 0.15) is 11.3 Å². The van der Waals surface area contributed by atoms with Gasteiger partial charge in [0.05, 0.1) is 12.8 Å². The van der Waals surface area contributed by atoms with E-state index in [0.717, 1.165) is 11.3 Å². The predicted octanol–water partition coefficient (Wildman–Crippen LogP) is 1.68. The van der Waals surface area contributed by atoms with Crippen molar-refractivity contribution in [3.05, 3.63) is 41.8 Å². The summed E-state index contributed by atoms with van der Waals surface area (Å²) in [6.45, 7) is 1.16. The molecular weight excluding hydrogens is 220 g/mol. The van der Waals surface area contributed by atoms with Crippen LogP contribution >= 0.6 is 0 Å². The van der Waals surface area contributed by atoms with E-state index in [2.05, 4.69) is 10.5 Å². The first-order valence-corrected chi connectivity index (χ1v) is 5.25. The van der Waals surface area contributed by atoms with Gasteiger partial charge in [-0.05, 0) is 6.07 Å². The number of benzene rings is 1. The summed E-state index contributed by atoms with van der Waals surface area (Å²) in [5.74, 6) is 0.861. The number of phenolic OH excluding ortho intramolecular Hbond substituents is 1. The third-order valence-electron chi connectivity index (χ3n) is 2.41. The van der Waals surface area contributed by atoms with Gasteiger partial charge in [0.15, 0.2) is 0 Å². The van der Waals surface area contributed by atoms with Crippen molar-refractivity contribution >= 4 is 0 Å². The van der Waals surface area contributed by atoms with Gasteiger partial charge in [-0.3, -0.25) is 0 Å². The summed E-state index contributed by atoms with van der Waals surface area (Å²) in [5.41, 5.74) is 1.65. The first kappa shape index (κ1) is 11.5. The first-order chi connectivity index (χ1) is 8.29. The van der Waals surface area contributed by atoms with Gasteiger partial charge in [-0.2, -0.15) is 0 Å². The molecule has 5 nitrogen and oxygen atoms in total. The molecule has 17 heavy (non-hydrogen) atoms. The zero-order valence-electron chi connectivity index (χ0n) is 9.51. The maximum absolute atomic E-state index is 9.73. The van der Waals surface area contributed by atoms with Gasteiger partial charge >= 0.3 is 0 Å². The predicted molar refractivity (Wildman–Crippen MR) is 61.7 cm³/mol. The van der Waals surface area contributed by atoms with Crippen LogP contribution in [0.15, 0.2) is 35.1 Å². The van der Waals surface area contributed by atoms with E-state index in [4.69, 9.17) is 9.26 Å². The number of hydrogen-bond donors (Lipinski definition) is 2. The molecule has 0 atom stereocenters. The van der Waals surface area contributed by atoms with E-state index in [-0.39, 0.29) is 5.75 Å². The van der Waals surface area contributed by atoms with Gasteiger partial charge in [0.1, 0.15) is 17.8 Å². The fraction of sp³-hybridized carbons (Fsp3) is 0.250. The quantitative estimate of drug-likeness (QED) is 0.823. The van der Waals surface area contributed by atoms with Gasteiger partial charge in [-0.25, -0.2) is 0 Å². The van der Waals surface area contributed by atoms with Crippen molar-refractivity contribution in [2.24, 2.45) is 0 Å². The number of phenols is 1. The molecule has 0 aliphatic rings. The number of aromatic nitrogens is 1. The molecule has 0 unspecified atom stereocenters. The molecule has 0 radical (unpaired) electrons. The van der Waals surface area contributed by atoms with Crippen molar-refractivity contribution in [2.45, 2.75) is 13.1 Å². The van der Waals surface area contributed by atoms with Gasteiger partial charge in [0, 0.05) is 30.8 Å². The molecule has 2 aromatic rings. The molecule has 1 aromatic heterocycles. The second-order valence-electron chi connectivity index (χ2n) is 3.59. The van der Waals surface area contributed by atoms with Crippen LogP contribution in [-0.2, 0) is 13.1 Å². The molecule has 1 aromatic carbocycles. The molecule has 0 saturated carbocycles. The van der Waals surface area contributed by atoms with Crippen molar-refractivity contribution < 1.29 is 14.4 Å². The summed E-state index contributed by atoms with van der Waals surface area (Å²) in [4.78, 5) is 0. The van der Waals surface area contributed by atoms with Crippen molar-refractivity contribution in [1.82, 2.24) is 10.5 Å². The monoisotopic (exact) mass is 234 g/mol.